The lowest BCUT2D eigenvalue weighted by molar-refractivity contribution is 0.609. The quantitative estimate of drug-likeness (QED) is 0.149. The summed E-state index contributed by atoms with van der Waals surface area (Å²) < 4.78 is 4.74. The van der Waals surface area contributed by atoms with Gasteiger partial charge in [0.2, 0.25) is 0 Å². The average molecular weight is 557 g/mol. The highest BCUT2D eigenvalue weighted by Crippen LogP contribution is 2.42. The molecule has 9 heteroatoms. The molecule has 0 aliphatic heterocycles. The van der Waals surface area contributed by atoms with Crippen LogP contribution in [0.15, 0.2) is 33.9 Å². The highest BCUT2D eigenvalue weighted by atomic mass is 32.1. The minimum atomic E-state index is -0.0968. The zero-order valence-electron chi connectivity index (χ0n) is 21.1. The standard InChI is InChI=1S/C29H24N4O2S3/c1-3-4-5-6-7-8-9-15-13-19-27(37-15)31-25-17-11-10-16-20-21(17)23(29(35)33(19)25)38-22(20)28(34)32-18-12-14(2)36-26(18)30-24(16)32/h10-13H,3-9H2,1-2H3. The summed E-state index contributed by atoms with van der Waals surface area (Å²) in [5, 5.41) is 3.54. The van der Waals surface area contributed by atoms with E-state index in [2.05, 4.69) is 19.1 Å². The highest BCUT2D eigenvalue weighted by Gasteiger charge is 2.25. The Morgan fingerprint density at radius 1 is 0.737 bits per heavy atom. The molecule has 0 aliphatic carbocycles. The lowest BCUT2D eigenvalue weighted by Gasteiger charge is -2.05. The van der Waals surface area contributed by atoms with Crippen LogP contribution in [0.2, 0.25) is 0 Å². The lowest BCUT2D eigenvalue weighted by atomic mass is 10.0. The Bertz CT molecular complexity index is 2300. The molecule has 0 bridgehead atoms. The molecule has 1 aromatic carbocycles. The summed E-state index contributed by atoms with van der Waals surface area (Å²) in [7, 11) is 0. The molecule has 0 amide bonds. The molecule has 8 rings (SSSR count). The molecule has 0 saturated heterocycles. The van der Waals surface area contributed by atoms with Crippen LogP contribution in [0.3, 0.4) is 0 Å². The molecule has 7 aromatic heterocycles. The molecule has 8 aromatic rings. The number of hydrogen-bond donors (Lipinski definition) is 0. The summed E-state index contributed by atoms with van der Waals surface area (Å²) >= 11 is 4.62. The van der Waals surface area contributed by atoms with Crippen LogP contribution < -0.4 is 11.1 Å². The van der Waals surface area contributed by atoms with Crippen molar-refractivity contribution in [2.75, 3.05) is 0 Å². The van der Waals surface area contributed by atoms with Crippen molar-refractivity contribution >= 4 is 96.9 Å². The smallest absolute Gasteiger partial charge is 0.267 e. The zero-order chi connectivity index (χ0) is 25.7. The van der Waals surface area contributed by atoms with Gasteiger partial charge in [-0.15, -0.1) is 34.0 Å². The third-order valence-electron chi connectivity index (χ3n) is 7.80. The fourth-order valence-corrected chi connectivity index (χ4v) is 9.14. The number of aryl methyl sites for hydroxylation is 2. The van der Waals surface area contributed by atoms with Crippen LogP contribution in [0.5, 0.6) is 0 Å². The van der Waals surface area contributed by atoms with E-state index in [0.29, 0.717) is 20.7 Å². The molecule has 0 saturated carbocycles. The van der Waals surface area contributed by atoms with E-state index in [9.17, 15) is 9.59 Å². The van der Waals surface area contributed by atoms with Gasteiger partial charge in [0.1, 0.15) is 30.4 Å². The molecule has 0 fully saturated rings. The summed E-state index contributed by atoms with van der Waals surface area (Å²) in [6, 6.07) is 8.28. The van der Waals surface area contributed by atoms with Crippen molar-refractivity contribution in [3.8, 4) is 0 Å². The molecule has 38 heavy (non-hydrogen) atoms. The number of rotatable bonds is 7. The van der Waals surface area contributed by atoms with Gasteiger partial charge in [-0.05, 0) is 44.0 Å². The maximum Gasteiger partial charge on any atom is 0.274 e. The third-order valence-corrected chi connectivity index (χ3v) is 11.0. The maximum absolute atomic E-state index is 13.9. The van der Waals surface area contributed by atoms with E-state index in [0.717, 1.165) is 53.5 Å². The normalized spacial score (nSPS) is 12.9. The largest absolute Gasteiger partial charge is 0.274 e. The van der Waals surface area contributed by atoms with Gasteiger partial charge in [-0.3, -0.25) is 18.4 Å². The first kappa shape index (κ1) is 22.8. The highest BCUT2D eigenvalue weighted by molar-refractivity contribution is 7.26. The summed E-state index contributed by atoms with van der Waals surface area (Å²) in [6.07, 6.45) is 8.62. The SMILES string of the molecule is CCCCCCCCc1cc2c(nc3c4ccc5c6c(sc(c(=O)n23)c46)c(=O)n2c3cc(C)sc3nc52)s1. The summed E-state index contributed by atoms with van der Waals surface area (Å²) in [5.41, 5.74) is 2.91. The molecule has 0 atom stereocenters. The second kappa shape index (κ2) is 8.18. The van der Waals surface area contributed by atoms with Crippen LogP contribution in [-0.4, -0.2) is 18.8 Å². The van der Waals surface area contributed by atoms with Gasteiger partial charge in [0.25, 0.3) is 11.1 Å². The van der Waals surface area contributed by atoms with Crippen LogP contribution in [-0.2, 0) is 6.42 Å². The van der Waals surface area contributed by atoms with Crippen molar-refractivity contribution in [2.24, 2.45) is 0 Å². The Kier molecular flexibility index (Phi) is 4.91. The van der Waals surface area contributed by atoms with E-state index in [4.69, 9.17) is 9.97 Å². The molecule has 190 valence electrons. The van der Waals surface area contributed by atoms with Gasteiger partial charge in [0.05, 0.1) is 11.0 Å². The second-order valence-electron chi connectivity index (χ2n) is 10.3. The number of pyridine rings is 2. The second-order valence-corrected chi connectivity index (χ2v) is 13.7. The molecule has 0 N–H and O–H groups in total. The maximum atomic E-state index is 13.9. The van der Waals surface area contributed by atoms with Gasteiger partial charge in [-0.25, -0.2) is 9.97 Å². The third kappa shape index (κ3) is 2.98. The molecule has 0 radical (unpaired) electrons. The molecule has 0 aliphatic rings. The van der Waals surface area contributed by atoms with E-state index in [1.165, 1.54) is 54.7 Å². The fourth-order valence-electron chi connectivity index (χ4n) is 6.04. The molecule has 7 heterocycles. The fraction of sp³-hybridized carbons (Fsp3) is 0.310. The number of imidazole rings is 2. The van der Waals surface area contributed by atoms with Crippen LogP contribution in [0, 0.1) is 6.92 Å². The number of nitrogens with zero attached hydrogens (tertiary/aromatic N) is 4. The van der Waals surface area contributed by atoms with Gasteiger partial charge in [0.15, 0.2) is 0 Å². The van der Waals surface area contributed by atoms with Crippen molar-refractivity contribution in [1.29, 1.82) is 0 Å². The number of benzene rings is 1. The lowest BCUT2D eigenvalue weighted by Crippen LogP contribution is -2.12. The van der Waals surface area contributed by atoms with Crippen LogP contribution >= 0.6 is 34.0 Å². The van der Waals surface area contributed by atoms with Crippen LogP contribution in [0.25, 0.3) is 62.9 Å². The Hall–Kier alpha value is -3.14. The summed E-state index contributed by atoms with van der Waals surface area (Å²) in [4.78, 5) is 41.7. The number of aromatic nitrogens is 4. The zero-order valence-corrected chi connectivity index (χ0v) is 23.5. The van der Waals surface area contributed by atoms with E-state index in [-0.39, 0.29) is 11.1 Å². The van der Waals surface area contributed by atoms with E-state index in [1.807, 2.05) is 19.1 Å². The van der Waals surface area contributed by atoms with Gasteiger partial charge in [0, 0.05) is 31.3 Å². The first-order chi connectivity index (χ1) is 18.5. The van der Waals surface area contributed by atoms with Crippen LogP contribution in [0.1, 0.15) is 55.2 Å². The number of thiophene rings is 3. The minimum absolute atomic E-state index is 0.0822. The van der Waals surface area contributed by atoms with Gasteiger partial charge in [-0.1, -0.05) is 39.0 Å². The predicted molar refractivity (Wildman–Crippen MR) is 162 cm³/mol. The van der Waals surface area contributed by atoms with Crippen LogP contribution in [0.4, 0.5) is 0 Å². The first-order valence-corrected chi connectivity index (χ1v) is 15.7. The van der Waals surface area contributed by atoms with E-state index < -0.39 is 0 Å². The number of hydrogen-bond acceptors (Lipinski definition) is 7. The molecular weight excluding hydrogens is 533 g/mol. The summed E-state index contributed by atoms with van der Waals surface area (Å²) in [5.74, 6) is 0. The van der Waals surface area contributed by atoms with Crippen molar-refractivity contribution in [3.05, 3.63) is 54.7 Å². The summed E-state index contributed by atoms with van der Waals surface area (Å²) in [6.45, 7) is 4.27. The van der Waals surface area contributed by atoms with Crippen molar-refractivity contribution in [1.82, 2.24) is 18.8 Å². The Morgan fingerprint density at radius 2 is 1.32 bits per heavy atom. The van der Waals surface area contributed by atoms with Gasteiger partial charge < -0.3 is 0 Å². The van der Waals surface area contributed by atoms with Crippen molar-refractivity contribution in [3.63, 3.8) is 0 Å². The van der Waals surface area contributed by atoms with E-state index >= 15 is 0 Å². The molecular formula is C29H24N4O2S3. The number of unbranched alkanes of at least 4 members (excludes halogenated alkanes) is 5. The first-order valence-electron chi connectivity index (χ1n) is 13.2. The minimum Gasteiger partial charge on any atom is -0.267 e. The Labute approximate surface area is 228 Å². The van der Waals surface area contributed by atoms with Gasteiger partial charge >= 0.3 is 0 Å². The van der Waals surface area contributed by atoms with Crippen molar-refractivity contribution < 1.29 is 0 Å². The Balaban J connectivity index is 1.33. The molecule has 0 spiro atoms. The number of fused-ring (bicyclic) bond motifs is 8. The molecule has 6 nitrogen and oxygen atoms in total. The van der Waals surface area contributed by atoms with Gasteiger partial charge in [-0.2, -0.15) is 0 Å². The monoisotopic (exact) mass is 556 g/mol. The van der Waals surface area contributed by atoms with Crippen molar-refractivity contribution in [2.45, 2.75) is 58.8 Å². The average Bonchev–Trinajstić information content (AvgIpc) is 3.68. The Morgan fingerprint density at radius 3 is 1.97 bits per heavy atom. The van der Waals surface area contributed by atoms with E-state index in [1.54, 1.807) is 31.5 Å². The topological polar surface area (TPSA) is 68.7 Å². The predicted octanol–water partition coefficient (Wildman–Crippen LogP) is 7.74. The molecule has 0 unspecified atom stereocenters.